The summed E-state index contributed by atoms with van der Waals surface area (Å²) in [5.74, 6) is 5.30. The number of rotatable bonds is 4. The summed E-state index contributed by atoms with van der Waals surface area (Å²) in [5.41, 5.74) is 2.63. The number of nitrogens with zero attached hydrogens (tertiary/aromatic N) is 2. The van der Waals surface area contributed by atoms with Gasteiger partial charge in [0.15, 0.2) is 0 Å². The third-order valence-electron chi connectivity index (χ3n) is 4.43. The molecule has 3 aromatic rings. The van der Waals surface area contributed by atoms with Gasteiger partial charge in [0.25, 0.3) is 5.91 Å². The zero-order chi connectivity index (χ0) is 23.1. The van der Waals surface area contributed by atoms with E-state index in [9.17, 15) is 18.0 Å². The summed E-state index contributed by atoms with van der Waals surface area (Å²) in [7, 11) is 0. The third-order valence-corrected chi connectivity index (χ3v) is 4.43. The van der Waals surface area contributed by atoms with E-state index in [1.807, 2.05) is 38.3 Å². The molecule has 0 aliphatic carbocycles. The summed E-state index contributed by atoms with van der Waals surface area (Å²) in [4.78, 5) is 20.7. The van der Waals surface area contributed by atoms with Crippen LogP contribution in [0, 0.1) is 18.8 Å². The summed E-state index contributed by atoms with van der Waals surface area (Å²) in [6.07, 6.45) is -0.850. The summed E-state index contributed by atoms with van der Waals surface area (Å²) < 4.78 is 38.6. The van der Waals surface area contributed by atoms with E-state index in [1.165, 1.54) is 0 Å². The molecule has 32 heavy (non-hydrogen) atoms. The first kappa shape index (κ1) is 22.8. The van der Waals surface area contributed by atoms with Gasteiger partial charge in [0.05, 0.1) is 11.3 Å². The van der Waals surface area contributed by atoms with Crippen LogP contribution < -0.4 is 5.32 Å². The minimum atomic E-state index is -4.52. The van der Waals surface area contributed by atoms with Crippen LogP contribution >= 0.6 is 0 Å². The number of aromatic nitrogens is 1. The Hall–Kier alpha value is -3.92. The lowest BCUT2D eigenvalue weighted by Crippen LogP contribution is -2.14. The van der Waals surface area contributed by atoms with E-state index in [-0.39, 0.29) is 11.4 Å². The maximum Gasteiger partial charge on any atom is 0.416 e. The van der Waals surface area contributed by atoms with Crippen LogP contribution in [-0.2, 0) is 6.18 Å². The number of aryl methyl sites for hydroxylation is 1. The fourth-order valence-electron chi connectivity index (χ4n) is 2.76. The number of nitrogens with one attached hydrogen (secondary N) is 1. The normalized spacial score (nSPS) is 11.2. The molecule has 1 heterocycles. The monoisotopic (exact) mass is 435 g/mol. The predicted molar refractivity (Wildman–Crippen MR) is 119 cm³/mol. The lowest BCUT2D eigenvalue weighted by molar-refractivity contribution is -0.137. The number of hydrogen-bond donors (Lipinski definition) is 1. The van der Waals surface area contributed by atoms with Gasteiger partial charge in [-0.1, -0.05) is 30.9 Å². The van der Waals surface area contributed by atoms with Gasteiger partial charge in [-0.3, -0.25) is 9.79 Å². The maximum absolute atomic E-state index is 12.9. The molecule has 0 saturated carbocycles. The van der Waals surface area contributed by atoms with Crippen molar-refractivity contribution in [1.29, 1.82) is 0 Å². The number of benzene rings is 2. The van der Waals surface area contributed by atoms with Crippen LogP contribution in [0.5, 0.6) is 0 Å². The number of halogens is 3. The molecule has 3 rings (SSSR count). The average Bonchev–Trinajstić information content (AvgIpc) is 2.77. The van der Waals surface area contributed by atoms with Crippen LogP contribution in [0.4, 0.5) is 24.7 Å². The summed E-state index contributed by atoms with van der Waals surface area (Å²) in [6, 6.07) is 13.9. The lowest BCUT2D eigenvalue weighted by atomic mass is 10.1. The maximum atomic E-state index is 12.9. The van der Waals surface area contributed by atoms with Crippen molar-refractivity contribution in [3.63, 3.8) is 0 Å². The van der Waals surface area contributed by atoms with Gasteiger partial charge in [-0.15, -0.1) is 0 Å². The van der Waals surface area contributed by atoms with Gasteiger partial charge in [-0.25, -0.2) is 4.98 Å². The highest BCUT2D eigenvalue weighted by molar-refractivity contribution is 6.04. The minimum absolute atomic E-state index is 0.180. The van der Waals surface area contributed by atoms with Gasteiger partial charge in [-0.05, 0) is 61.4 Å². The zero-order valence-electron chi connectivity index (χ0n) is 17.5. The van der Waals surface area contributed by atoms with Crippen LogP contribution in [0.1, 0.15) is 46.0 Å². The van der Waals surface area contributed by atoms with Gasteiger partial charge >= 0.3 is 6.18 Å². The third kappa shape index (κ3) is 6.05. The Labute approximate surface area is 184 Å². The Morgan fingerprint density at radius 1 is 1.09 bits per heavy atom. The van der Waals surface area contributed by atoms with E-state index < -0.39 is 17.6 Å². The number of carbonyl (C=O) groups is 1. The summed E-state index contributed by atoms with van der Waals surface area (Å²) in [6.45, 7) is 3.98. The van der Waals surface area contributed by atoms with Crippen molar-refractivity contribution < 1.29 is 18.0 Å². The number of alkyl halides is 3. The van der Waals surface area contributed by atoms with Crippen LogP contribution in [0.15, 0.2) is 65.8 Å². The Kier molecular flexibility index (Phi) is 7.06. The summed E-state index contributed by atoms with van der Waals surface area (Å²) >= 11 is 0. The molecule has 2 aromatic carbocycles. The zero-order valence-corrected chi connectivity index (χ0v) is 17.5. The van der Waals surface area contributed by atoms with Gasteiger partial charge in [-0.2, -0.15) is 13.2 Å². The molecular formula is C25H20F3N3O. The number of anilines is 1. The SMILES string of the molecule is CCC=Nc1cc(C#Cc2cccc(C(=O)Nc3cc(C(F)(F)F)ccn3)c2)ccc1C. The molecule has 1 amide bonds. The highest BCUT2D eigenvalue weighted by Gasteiger charge is 2.30. The second-order valence-corrected chi connectivity index (χ2v) is 6.93. The Bertz CT molecular complexity index is 1220. The number of aliphatic imine (C=N–C) groups is 1. The van der Waals surface area contributed by atoms with Crippen LogP contribution in [0.25, 0.3) is 0 Å². The topological polar surface area (TPSA) is 54.4 Å². The van der Waals surface area contributed by atoms with Crippen LogP contribution in [-0.4, -0.2) is 17.1 Å². The fraction of sp³-hybridized carbons (Fsp3) is 0.160. The van der Waals surface area contributed by atoms with Gasteiger partial charge in [0, 0.05) is 29.1 Å². The molecule has 162 valence electrons. The Balaban J connectivity index is 1.78. The standard InChI is InChI=1S/C25H20F3N3O/c1-3-12-29-22-15-19(8-7-17(22)2)10-9-18-5-4-6-20(14-18)24(32)31-23-16-21(11-13-30-23)25(26,27)28/h4-8,11-16H,3H2,1-2H3,(H,30,31,32). The quantitative estimate of drug-likeness (QED) is 0.393. The highest BCUT2D eigenvalue weighted by Crippen LogP contribution is 2.30. The highest BCUT2D eigenvalue weighted by atomic mass is 19.4. The van der Waals surface area contributed by atoms with E-state index in [2.05, 4.69) is 27.1 Å². The number of amides is 1. The first-order chi connectivity index (χ1) is 15.3. The second-order valence-electron chi connectivity index (χ2n) is 6.93. The van der Waals surface area contributed by atoms with Crippen molar-refractivity contribution in [2.24, 2.45) is 4.99 Å². The molecule has 1 N–H and O–H groups in total. The molecule has 7 heteroatoms. The van der Waals surface area contributed by atoms with Crippen molar-refractivity contribution in [2.75, 3.05) is 5.32 Å². The van der Waals surface area contributed by atoms with Crippen molar-refractivity contribution in [2.45, 2.75) is 26.4 Å². The van der Waals surface area contributed by atoms with Gasteiger partial charge in [0.2, 0.25) is 0 Å². The van der Waals surface area contributed by atoms with Gasteiger partial charge in [0.1, 0.15) is 5.82 Å². The molecule has 1 aromatic heterocycles. The molecule has 0 aliphatic heterocycles. The van der Waals surface area contributed by atoms with Crippen LogP contribution in [0.3, 0.4) is 0 Å². The van der Waals surface area contributed by atoms with Crippen molar-refractivity contribution >= 4 is 23.6 Å². The summed E-state index contributed by atoms with van der Waals surface area (Å²) in [5, 5.41) is 2.39. The lowest BCUT2D eigenvalue weighted by Gasteiger charge is -2.09. The van der Waals surface area contributed by atoms with Crippen LogP contribution in [0.2, 0.25) is 0 Å². The predicted octanol–water partition coefficient (Wildman–Crippen LogP) is 6.17. The average molecular weight is 435 g/mol. The molecule has 0 atom stereocenters. The van der Waals surface area contributed by atoms with Crippen molar-refractivity contribution in [3.8, 4) is 11.8 Å². The molecule has 0 unspecified atom stereocenters. The minimum Gasteiger partial charge on any atom is -0.307 e. The fourth-order valence-corrected chi connectivity index (χ4v) is 2.76. The van der Waals surface area contributed by atoms with Gasteiger partial charge < -0.3 is 5.32 Å². The molecule has 0 spiro atoms. The second kappa shape index (κ2) is 9.92. The van der Waals surface area contributed by atoms with Crippen molar-refractivity contribution in [1.82, 2.24) is 4.98 Å². The number of pyridine rings is 1. The van der Waals surface area contributed by atoms with E-state index >= 15 is 0 Å². The number of hydrogen-bond acceptors (Lipinski definition) is 3. The molecule has 0 aliphatic rings. The molecule has 0 bridgehead atoms. The Morgan fingerprint density at radius 2 is 1.84 bits per heavy atom. The van der Waals surface area contributed by atoms with E-state index in [0.717, 1.165) is 41.6 Å². The smallest absolute Gasteiger partial charge is 0.307 e. The van der Waals surface area contributed by atoms with Crippen molar-refractivity contribution in [3.05, 3.63) is 88.6 Å². The van der Waals surface area contributed by atoms with E-state index in [0.29, 0.717) is 5.56 Å². The van der Waals surface area contributed by atoms with E-state index in [1.54, 1.807) is 24.3 Å². The Morgan fingerprint density at radius 3 is 2.56 bits per heavy atom. The molecule has 4 nitrogen and oxygen atoms in total. The first-order valence-electron chi connectivity index (χ1n) is 9.86. The molecular weight excluding hydrogens is 415 g/mol. The largest absolute Gasteiger partial charge is 0.416 e. The molecule has 0 saturated heterocycles. The first-order valence-corrected chi connectivity index (χ1v) is 9.86. The molecule has 0 radical (unpaired) electrons. The number of carbonyl (C=O) groups excluding carboxylic acids is 1. The van der Waals surface area contributed by atoms with E-state index in [4.69, 9.17) is 0 Å². The molecule has 0 fully saturated rings.